The van der Waals surface area contributed by atoms with Crippen LogP contribution in [0.4, 0.5) is 0 Å². The summed E-state index contributed by atoms with van der Waals surface area (Å²) < 4.78 is 5.59. The fourth-order valence-electron chi connectivity index (χ4n) is 1.75. The van der Waals surface area contributed by atoms with Gasteiger partial charge in [-0.25, -0.2) is 0 Å². The van der Waals surface area contributed by atoms with E-state index in [1.165, 1.54) is 25.7 Å². The van der Waals surface area contributed by atoms with E-state index >= 15 is 0 Å². The Bertz CT molecular complexity index is 367. The summed E-state index contributed by atoms with van der Waals surface area (Å²) in [6.45, 7) is 2.74. The summed E-state index contributed by atoms with van der Waals surface area (Å²) in [4.78, 5) is 0. The van der Waals surface area contributed by atoms with Gasteiger partial charge in [0, 0.05) is 6.04 Å². The molecule has 2 N–H and O–H groups in total. The molecular formula is C15H22N2O. The summed E-state index contributed by atoms with van der Waals surface area (Å²) in [7, 11) is 0. The molecule has 0 aliphatic carbocycles. The summed E-state index contributed by atoms with van der Waals surface area (Å²) in [6.07, 6.45) is 5.96. The van der Waals surface area contributed by atoms with Crippen LogP contribution in [0.3, 0.4) is 0 Å². The van der Waals surface area contributed by atoms with E-state index in [-0.39, 0.29) is 6.04 Å². The Morgan fingerprint density at radius 3 is 2.56 bits per heavy atom. The van der Waals surface area contributed by atoms with Crippen molar-refractivity contribution < 1.29 is 4.74 Å². The van der Waals surface area contributed by atoms with Crippen LogP contribution in [-0.2, 0) is 0 Å². The van der Waals surface area contributed by atoms with Crippen LogP contribution in [0.2, 0.25) is 0 Å². The zero-order valence-electron chi connectivity index (χ0n) is 11.1. The van der Waals surface area contributed by atoms with Gasteiger partial charge in [0.1, 0.15) is 12.4 Å². The zero-order chi connectivity index (χ0) is 13.2. The molecule has 0 bridgehead atoms. The SMILES string of the molecule is CCCCCCC(N)COc1ccc(C#N)cc1. The van der Waals surface area contributed by atoms with E-state index in [1.807, 2.05) is 12.1 Å². The van der Waals surface area contributed by atoms with Gasteiger partial charge in [0.25, 0.3) is 0 Å². The second-order valence-corrected chi connectivity index (χ2v) is 4.56. The number of nitriles is 1. The Hall–Kier alpha value is -1.53. The lowest BCUT2D eigenvalue weighted by Gasteiger charge is -2.13. The Morgan fingerprint density at radius 1 is 1.22 bits per heavy atom. The van der Waals surface area contributed by atoms with E-state index in [9.17, 15) is 0 Å². The number of benzene rings is 1. The molecule has 0 saturated carbocycles. The lowest BCUT2D eigenvalue weighted by Crippen LogP contribution is -2.27. The third-order valence-corrected chi connectivity index (χ3v) is 2.88. The smallest absolute Gasteiger partial charge is 0.119 e. The Balaban J connectivity index is 2.21. The van der Waals surface area contributed by atoms with Crippen molar-refractivity contribution >= 4 is 0 Å². The Labute approximate surface area is 110 Å². The second-order valence-electron chi connectivity index (χ2n) is 4.56. The van der Waals surface area contributed by atoms with Crippen LogP contribution < -0.4 is 10.5 Å². The monoisotopic (exact) mass is 246 g/mol. The van der Waals surface area contributed by atoms with E-state index in [0.29, 0.717) is 12.2 Å². The lowest BCUT2D eigenvalue weighted by atomic mass is 10.1. The molecule has 98 valence electrons. The van der Waals surface area contributed by atoms with Gasteiger partial charge >= 0.3 is 0 Å². The number of ether oxygens (including phenoxy) is 1. The molecule has 0 aliphatic heterocycles. The maximum Gasteiger partial charge on any atom is 0.119 e. The molecule has 0 radical (unpaired) electrons. The molecule has 3 heteroatoms. The summed E-state index contributed by atoms with van der Waals surface area (Å²) in [5.74, 6) is 0.776. The van der Waals surface area contributed by atoms with Gasteiger partial charge in [-0.2, -0.15) is 5.26 Å². The first kappa shape index (κ1) is 14.5. The van der Waals surface area contributed by atoms with Crippen LogP contribution in [0.15, 0.2) is 24.3 Å². The van der Waals surface area contributed by atoms with Gasteiger partial charge in [-0.15, -0.1) is 0 Å². The molecule has 1 rings (SSSR count). The lowest BCUT2D eigenvalue weighted by molar-refractivity contribution is 0.279. The van der Waals surface area contributed by atoms with Gasteiger partial charge in [0.15, 0.2) is 0 Å². The molecule has 3 nitrogen and oxygen atoms in total. The zero-order valence-corrected chi connectivity index (χ0v) is 11.1. The molecule has 1 aromatic rings. The van der Waals surface area contributed by atoms with E-state index in [4.69, 9.17) is 15.7 Å². The first-order chi connectivity index (χ1) is 8.76. The van der Waals surface area contributed by atoms with E-state index in [2.05, 4.69) is 13.0 Å². The van der Waals surface area contributed by atoms with Crippen LogP contribution in [0, 0.1) is 11.3 Å². The fraction of sp³-hybridized carbons (Fsp3) is 0.533. The quantitative estimate of drug-likeness (QED) is 0.716. The molecule has 0 aliphatic rings. The first-order valence-electron chi connectivity index (χ1n) is 6.64. The van der Waals surface area contributed by atoms with Crippen molar-refractivity contribution in [2.24, 2.45) is 5.73 Å². The average Bonchev–Trinajstić information content (AvgIpc) is 2.42. The highest BCUT2D eigenvalue weighted by atomic mass is 16.5. The van der Waals surface area contributed by atoms with E-state index in [0.717, 1.165) is 12.2 Å². The summed E-state index contributed by atoms with van der Waals surface area (Å²) in [5.41, 5.74) is 6.63. The van der Waals surface area contributed by atoms with Crippen molar-refractivity contribution in [2.75, 3.05) is 6.61 Å². The van der Waals surface area contributed by atoms with Gasteiger partial charge in [-0.05, 0) is 30.7 Å². The van der Waals surface area contributed by atoms with Crippen LogP contribution >= 0.6 is 0 Å². The minimum atomic E-state index is 0.0949. The molecule has 1 atom stereocenters. The van der Waals surface area contributed by atoms with Crippen molar-refractivity contribution in [1.82, 2.24) is 0 Å². The van der Waals surface area contributed by atoms with E-state index < -0.39 is 0 Å². The maximum absolute atomic E-state index is 8.68. The molecule has 0 heterocycles. The average molecular weight is 246 g/mol. The topological polar surface area (TPSA) is 59.0 Å². The number of nitrogens with zero attached hydrogens (tertiary/aromatic N) is 1. The van der Waals surface area contributed by atoms with Crippen LogP contribution in [0.25, 0.3) is 0 Å². The number of hydrogen-bond acceptors (Lipinski definition) is 3. The molecular weight excluding hydrogens is 224 g/mol. The largest absolute Gasteiger partial charge is 0.492 e. The molecule has 18 heavy (non-hydrogen) atoms. The highest BCUT2D eigenvalue weighted by Crippen LogP contribution is 2.12. The molecule has 1 unspecified atom stereocenters. The van der Waals surface area contributed by atoms with Gasteiger partial charge in [0.05, 0.1) is 11.6 Å². The standard InChI is InChI=1S/C15H22N2O/c1-2-3-4-5-6-14(17)12-18-15-9-7-13(11-16)8-10-15/h7-10,14H,2-6,12,17H2,1H3. The van der Waals surface area contributed by atoms with E-state index in [1.54, 1.807) is 12.1 Å². The molecule has 0 spiro atoms. The van der Waals surface area contributed by atoms with Crippen LogP contribution in [0.5, 0.6) is 5.75 Å². The summed E-state index contributed by atoms with van der Waals surface area (Å²) in [6, 6.07) is 9.29. The van der Waals surface area contributed by atoms with Crippen LogP contribution in [-0.4, -0.2) is 12.6 Å². The Morgan fingerprint density at radius 2 is 1.94 bits per heavy atom. The molecule has 0 aromatic heterocycles. The molecule has 0 fully saturated rings. The maximum atomic E-state index is 8.68. The predicted molar refractivity (Wildman–Crippen MR) is 73.4 cm³/mol. The number of rotatable bonds is 8. The van der Waals surface area contributed by atoms with Crippen molar-refractivity contribution in [3.8, 4) is 11.8 Å². The van der Waals surface area contributed by atoms with Crippen molar-refractivity contribution in [1.29, 1.82) is 5.26 Å². The second kappa shape index (κ2) is 8.54. The normalized spacial score (nSPS) is 11.8. The van der Waals surface area contributed by atoms with Crippen molar-refractivity contribution in [2.45, 2.75) is 45.1 Å². The number of nitrogens with two attached hydrogens (primary N) is 1. The van der Waals surface area contributed by atoms with Gasteiger partial charge < -0.3 is 10.5 Å². The third-order valence-electron chi connectivity index (χ3n) is 2.88. The Kier molecular flexibility index (Phi) is 6.90. The highest BCUT2D eigenvalue weighted by Gasteiger charge is 2.03. The predicted octanol–water partition coefficient (Wildman–Crippen LogP) is 3.23. The first-order valence-corrected chi connectivity index (χ1v) is 6.64. The number of unbranched alkanes of at least 4 members (excludes halogenated alkanes) is 3. The minimum Gasteiger partial charge on any atom is -0.492 e. The highest BCUT2D eigenvalue weighted by molar-refractivity contribution is 5.34. The van der Waals surface area contributed by atoms with Crippen LogP contribution in [0.1, 0.15) is 44.6 Å². The fourth-order valence-corrected chi connectivity index (χ4v) is 1.75. The summed E-state index contributed by atoms with van der Waals surface area (Å²) in [5, 5.41) is 8.68. The summed E-state index contributed by atoms with van der Waals surface area (Å²) >= 11 is 0. The van der Waals surface area contributed by atoms with Gasteiger partial charge in [-0.3, -0.25) is 0 Å². The van der Waals surface area contributed by atoms with Gasteiger partial charge in [-0.1, -0.05) is 32.6 Å². The molecule has 0 amide bonds. The van der Waals surface area contributed by atoms with Crippen molar-refractivity contribution in [3.05, 3.63) is 29.8 Å². The molecule has 1 aromatic carbocycles. The third kappa shape index (κ3) is 5.70. The van der Waals surface area contributed by atoms with Gasteiger partial charge in [0.2, 0.25) is 0 Å². The van der Waals surface area contributed by atoms with Crippen molar-refractivity contribution in [3.63, 3.8) is 0 Å². The molecule has 0 saturated heterocycles. The minimum absolute atomic E-state index is 0.0949. The number of hydrogen-bond donors (Lipinski definition) is 1.